The Morgan fingerprint density at radius 3 is 2.26 bits per heavy atom. The van der Waals surface area contributed by atoms with E-state index in [-0.39, 0.29) is 17.5 Å². The average Bonchev–Trinajstić information content (AvgIpc) is 3.14. The van der Waals surface area contributed by atoms with E-state index in [1.807, 2.05) is 14.0 Å². The summed E-state index contributed by atoms with van der Waals surface area (Å²) in [6.45, 7) is 10.9. The Morgan fingerprint density at radius 2 is 1.63 bits per heavy atom. The maximum atomic E-state index is 11.9. The van der Waals surface area contributed by atoms with Gasteiger partial charge in [-0.25, -0.2) is 13.4 Å². The van der Waals surface area contributed by atoms with E-state index < -0.39 is 9.84 Å². The van der Waals surface area contributed by atoms with Gasteiger partial charge in [0.05, 0.1) is 22.7 Å². The van der Waals surface area contributed by atoms with Crippen molar-refractivity contribution in [3.05, 3.63) is 42.2 Å². The van der Waals surface area contributed by atoms with Crippen molar-refractivity contribution in [3.63, 3.8) is 0 Å². The van der Waals surface area contributed by atoms with E-state index in [1.165, 1.54) is 11.3 Å². The fourth-order valence-electron chi connectivity index (χ4n) is 5.30. The molecule has 2 aromatic carbocycles. The van der Waals surface area contributed by atoms with E-state index in [0.717, 1.165) is 54.3 Å². The topological polar surface area (TPSA) is 70.5 Å². The highest BCUT2D eigenvalue weighted by Crippen LogP contribution is 2.33. The third kappa shape index (κ3) is 5.05. The van der Waals surface area contributed by atoms with Crippen LogP contribution in [0.4, 0.5) is 11.4 Å². The molecule has 1 N–H and O–H groups in total. The Labute approximate surface area is 209 Å². The summed E-state index contributed by atoms with van der Waals surface area (Å²) in [6, 6.07) is 14.0. The number of imidazole rings is 1. The summed E-state index contributed by atoms with van der Waals surface area (Å²) >= 11 is 0. The van der Waals surface area contributed by atoms with E-state index >= 15 is 0 Å². The summed E-state index contributed by atoms with van der Waals surface area (Å²) in [6.07, 6.45) is 1.28. The lowest BCUT2D eigenvalue weighted by atomic mass is 10.0. The van der Waals surface area contributed by atoms with Gasteiger partial charge in [-0.2, -0.15) is 0 Å². The lowest BCUT2D eigenvalue weighted by Crippen LogP contribution is -2.48. The quantitative estimate of drug-likeness (QED) is 0.576. The maximum absolute atomic E-state index is 11.9. The molecule has 0 saturated carbocycles. The van der Waals surface area contributed by atoms with Gasteiger partial charge in [0.1, 0.15) is 21.2 Å². The van der Waals surface area contributed by atoms with Crippen molar-refractivity contribution in [2.24, 2.45) is 7.05 Å². The molecule has 2 saturated heterocycles. The van der Waals surface area contributed by atoms with Gasteiger partial charge in [-0.15, -0.1) is 0 Å². The number of anilines is 2. The number of nitrogens with zero attached hydrogens (tertiary/aromatic N) is 4. The number of benzene rings is 2. The normalized spacial score (nSPS) is 19.5. The summed E-state index contributed by atoms with van der Waals surface area (Å²) in [7, 11) is -0.845. The molecule has 5 rings (SSSR count). The van der Waals surface area contributed by atoms with Crippen LogP contribution in [0, 0.1) is 6.92 Å². The van der Waals surface area contributed by atoms with Crippen LogP contribution < -0.4 is 10.2 Å². The molecule has 0 atom stereocenters. The molecule has 1 aromatic heterocycles. The van der Waals surface area contributed by atoms with Crippen LogP contribution in [0.1, 0.15) is 32.5 Å². The molecule has 0 unspecified atom stereocenters. The highest BCUT2D eigenvalue weighted by molar-refractivity contribution is 7.91. The first kappa shape index (κ1) is 24.1. The first-order valence-electron chi connectivity index (χ1n) is 12.7. The summed E-state index contributed by atoms with van der Waals surface area (Å²) < 4.78 is 25.9. The minimum Gasteiger partial charge on any atom is -0.380 e. The number of sulfone groups is 1. The molecule has 0 amide bonds. The van der Waals surface area contributed by atoms with Gasteiger partial charge in [-0.1, -0.05) is 12.1 Å². The highest BCUT2D eigenvalue weighted by atomic mass is 32.2. The second-order valence-electron chi connectivity index (χ2n) is 10.3. The van der Waals surface area contributed by atoms with Gasteiger partial charge in [0, 0.05) is 51.0 Å². The molecule has 7 nitrogen and oxygen atoms in total. The minimum atomic E-state index is -2.89. The number of hydrogen-bond acceptors (Lipinski definition) is 6. The van der Waals surface area contributed by atoms with Gasteiger partial charge in [-0.05, 0) is 69.0 Å². The molecule has 2 fully saturated rings. The van der Waals surface area contributed by atoms with E-state index in [1.54, 1.807) is 0 Å². The molecule has 0 radical (unpaired) electrons. The zero-order chi connectivity index (χ0) is 24.7. The van der Waals surface area contributed by atoms with Gasteiger partial charge in [-0.3, -0.25) is 4.90 Å². The van der Waals surface area contributed by atoms with Crippen LogP contribution in [-0.2, 0) is 16.9 Å². The molecule has 2 aliphatic rings. The van der Waals surface area contributed by atoms with Crippen molar-refractivity contribution in [2.75, 3.05) is 47.9 Å². The lowest BCUT2D eigenvalue weighted by Gasteiger charge is -2.38. The van der Waals surface area contributed by atoms with E-state index in [4.69, 9.17) is 4.98 Å². The molecule has 0 spiro atoms. The first-order valence-corrected chi connectivity index (χ1v) is 14.6. The summed E-state index contributed by atoms with van der Waals surface area (Å²) in [5.74, 6) is 1.46. The van der Waals surface area contributed by atoms with Crippen LogP contribution in [-0.4, -0.2) is 72.6 Å². The van der Waals surface area contributed by atoms with Gasteiger partial charge in [0.2, 0.25) is 0 Å². The van der Waals surface area contributed by atoms with E-state index in [0.29, 0.717) is 18.9 Å². The Bertz CT molecular complexity index is 1290. The molecule has 2 aliphatic heterocycles. The number of aromatic nitrogens is 2. The SMILES string of the molecule is Cc1nc2c(NC3CCS(=O)(=O)CC3)cc(-c3ccc(N4CCN(C(C)C)CC4)cc3)cc2n1C. The van der Waals surface area contributed by atoms with Gasteiger partial charge in [0.15, 0.2) is 0 Å². The number of aryl methyl sites for hydroxylation is 2. The third-order valence-corrected chi connectivity index (χ3v) is 9.45. The van der Waals surface area contributed by atoms with Gasteiger partial charge >= 0.3 is 0 Å². The predicted molar refractivity (Wildman–Crippen MR) is 145 cm³/mol. The molecule has 0 aliphatic carbocycles. The van der Waals surface area contributed by atoms with Crippen LogP contribution in [0.15, 0.2) is 36.4 Å². The summed E-state index contributed by atoms with van der Waals surface area (Å²) in [5.41, 5.74) is 6.60. The average molecular weight is 496 g/mol. The fourth-order valence-corrected chi connectivity index (χ4v) is 6.79. The van der Waals surface area contributed by atoms with Crippen molar-refractivity contribution in [1.82, 2.24) is 14.5 Å². The Morgan fingerprint density at radius 1 is 0.971 bits per heavy atom. The molecule has 3 heterocycles. The summed E-state index contributed by atoms with van der Waals surface area (Å²) in [4.78, 5) is 9.81. The van der Waals surface area contributed by atoms with Crippen LogP contribution in [0.2, 0.25) is 0 Å². The van der Waals surface area contributed by atoms with E-state index in [2.05, 4.69) is 69.9 Å². The Kier molecular flexibility index (Phi) is 6.53. The molecule has 188 valence electrons. The Hall–Kier alpha value is -2.58. The zero-order valence-corrected chi connectivity index (χ0v) is 22.1. The Balaban J connectivity index is 1.40. The predicted octanol–water partition coefficient (Wildman–Crippen LogP) is 4.07. The van der Waals surface area contributed by atoms with Crippen molar-refractivity contribution in [3.8, 4) is 11.1 Å². The largest absolute Gasteiger partial charge is 0.380 e. The van der Waals surface area contributed by atoms with Crippen LogP contribution in [0.25, 0.3) is 22.2 Å². The van der Waals surface area contributed by atoms with Crippen molar-refractivity contribution < 1.29 is 8.42 Å². The summed E-state index contributed by atoms with van der Waals surface area (Å²) in [5, 5.41) is 3.64. The molecule has 3 aromatic rings. The third-order valence-electron chi connectivity index (χ3n) is 7.73. The van der Waals surface area contributed by atoms with Crippen LogP contribution >= 0.6 is 0 Å². The number of hydrogen-bond donors (Lipinski definition) is 1. The molecule has 35 heavy (non-hydrogen) atoms. The lowest BCUT2D eigenvalue weighted by molar-refractivity contribution is 0.209. The molecular weight excluding hydrogens is 458 g/mol. The molecular formula is C27H37N5O2S. The van der Waals surface area contributed by atoms with E-state index in [9.17, 15) is 8.42 Å². The fraction of sp³-hybridized carbons (Fsp3) is 0.519. The zero-order valence-electron chi connectivity index (χ0n) is 21.3. The van der Waals surface area contributed by atoms with Crippen molar-refractivity contribution in [2.45, 2.75) is 45.7 Å². The number of fused-ring (bicyclic) bond motifs is 1. The van der Waals surface area contributed by atoms with Crippen molar-refractivity contribution >= 4 is 32.2 Å². The molecule has 8 heteroatoms. The van der Waals surface area contributed by atoms with Crippen molar-refractivity contribution in [1.29, 1.82) is 0 Å². The van der Waals surface area contributed by atoms with Crippen LogP contribution in [0.3, 0.4) is 0 Å². The van der Waals surface area contributed by atoms with Gasteiger partial charge in [0.25, 0.3) is 0 Å². The number of nitrogens with one attached hydrogen (secondary N) is 1. The molecule has 0 bridgehead atoms. The van der Waals surface area contributed by atoms with Gasteiger partial charge < -0.3 is 14.8 Å². The first-order chi connectivity index (χ1) is 16.7. The second kappa shape index (κ2) is 9.47. The second-order valence-corrected chi connectivity index (χ2v) is 12.6. The maximum Gasteiger partial charge on any atom is 0.150 e. The number of rotatable bonds is 5. The number of piperazine rings is 1. The monoisotopic (exact) mass is 495 g/mol. The standard InChI is InChI=1S/C27H37N5O2S/c1-19(2)31-11-13-32(14-12-31)24-7-5-21(6-8-24)22-17-25(27-26(18-22)30(4)20(3)28-27)29-23-9-15-35(33,34)16-10-23/h5-8,17-19,23,29H,9-16H2,1-4H3. The van der Waals surface area contributed by atoms with Crippen LogP contribution in [0.5, 0.6) is 0 Å². The highest BCUT2D eigenvalue weighted by Gasteiger charge is 2.25. The smallest absolute Gasteiger partial charge is 0.150 e. The minimum absolute atomic E-state index is 0.145.